The fourth-order valence-corrected chi connectivity index (χ4v) is 5.35. The Morgan fingerprint density at radius 2 is 1.71 bits per heavy atom. The minimum Gasteiger partial charge on any atom is -0.494 e. The third-order valence-electron chi connectivity index (χ3n) is 7.79. The number of hydrogen-bond acceptors (Lipinski definition) is 13. The van der Waals surface area contributed by atoms with Crippen LogP contribution >= 0.6 is 11.6 Å². The number of pyridine rings is 1. The number of halogens is 1. The lowest BCUT2D eigenvalue weighted by molar-refractivity contribution is -0.126. The summed E-state index contributed by atoms with van der Waals surface area (Å²) in [7, 11) is 4.60. The molecule has 1 aliphatic heterocycles. The first-order valence-corrected chi connectivity index (χ1v) is 16.4. The van der Waals surface area contributed by atoms with Crippen molar-refractivity contribution in [2.75, 3.05) is 96.8 Å². The molecule has 0 aliphatic carbocycles. The van der Waals surface area contributed by atoms with Gasteiger partial charge in [0.1, 0.15) is 10.8 Å². The Morgan fingerprint density at radius 1 is 1.02 bits per heavy atom. The highest BCUT2D eigenvalue weighted by Crippen LogP contribution is 2.33. The molecular weight excluding hydrogens is 660 g/mol. The second-order valence-corrected chi connectivity index (χ2v) is 11.5. The Labute approximate surface area is 289 Å². The normalized spacial score (nSPS) is 13.4. The van der Waals surface area contributed by atoms with Gasteiger partial charge in [0.15, 0.2) is 18.2 Å². The number of nitrogens with one attached hydrogen (secondary N) is 3. The number of piperidine rings is 1. The van der Waals surface area contributed by atoms with E-state index < -0.39 is 5.56 Å². The van der Waals surface area contributed by atoms with E-state index in [-0.39, 0.29) is 30.1 Å². The predicted molar refractivity (Wildman–Crippen MR) is 185 cm³/mol. The fraction of sp³-hybridized carbons (Fsp3) is 0.531. The number of methoxy groups -OCH3 is 1. The third-order valence-corrected chi connectivity index (χ3v) is 8.07. The molecule has 0 unspecified atom stereocenters. The molecule has 17 heteroatoms. The summed E-state index contributed by atoms with van der Waals surface area (Å²) in [6.07, 6.45) is 2.82. The molecule has 1 saturated heterocycles. The largest absolute Gasteiger partial charge is 0.494 e. The van der Waals surface area contributed by atoms with E-state index in [2.05, 4.69) is 25.9 Å². The summed E-state index contributed by atoms with van der Waals surface area (Å²) in [5.41, 5.74) is 6.09. The number of rotatable bonds is 19. The monoisotopic (exact) mass is 704 g/mol. The maximum atomic E-state index is 12.9. The molecule has 0 bridgehead atoms. The van der Waals surface area contributed by atoms with Gasteiger partial charge in [-0.25, -0.2) is 4.98 Å². The fourth-order valence-electron chi connectivity index (χ4n) is 5.21. The number of hydrogen-bond donors (Lipinski definition) is 4. The van der Waals surface area contributed by atoms with Crippen molar-refractivity contribution in [1.29, 1.82) is 0 Å². The Morgan fingerprint density at radius 3 is 2.39 bits per heavy atom. The SMILES string of the molecule is CNC(=O)COc1cc2cc(Nc3nc(N4CCC(C(=O)NCCOCCOCCOCCN)CC4)ncc3Cl)cc(OC)c2n(C)c1=O. The number of benzene rings is 1. The standard InChI is InChI=1S/C32H45ClN8O8/c1-35-27(42)20-49-26-17-22-16-23(18-25(45-3)28(22)40(2)31(26)44)38-29-24(33)19-37-32(39-29)41-8-4-21(5-9-41)30(43)36-7-11-47-13-15-48-14-12-46-10-6-34/h16-19,21H,4-15,20,34H2,1-3H3,(H,35,42)(H,36,43)(H,37,38,39). The van der Waals surface area contributed by atoms with E-state index in [1.54, 1.807) is 25.2 Å². The number of likely N-dealkylation sites (N-methyl/N-ethyl adjacent to an activating group) is 1. The first-order chi connectivity index (χ1) is 23.7. The van der Waals surface area contributed by atoms with E-state index >= 15 is 0 Å². The second-order valence-electron chi connectivity index (χ2n) is 11.1. The first-order valence-electron chi connectivity index (χ1n) is 16.1. The lowest BCUT2D eigenvalue weighted by Gasteiger charge is -2.31. The van der Waals surface area contributed by atoms with Gasteiger partial charge in [0.25, 0.3) is 11.5 Å². The number of nitrogens with two attached hydrogens (primary N) is 1. The van der Waals surface area contributed by atoms with Gasteiger partial charge in [-0.2, -0.15) is 4.98 Å². The number of fused-ring (bicyclic) bond motifs is 1. The summed E-state index contributed by atoms with van der Waals surface area (Å²) in [6.45, 7) is 4.61. The first kappa shape index (κ1) is 37.6. The van der Waals surface area contributed by atoms with Gasteiger partial charge in [0, 0.05) is 63.3 Å². The van der Waals surface area contributed by atoms with Crippen molar-refractivity contribution in [3.8, 4) is 11.5 Å². The predicted octanol–water partition coefficient (Wildman–Crippen LogP) is 1.20. The van der Waals surface area contributed by atoms with Crippen molar-refractivity contribution in [1.82, 2.24) is 25.2 Å². The summed E-state index contributed by atoms with van der Waals surface area (Å²) >= 11 is 6.50. The highest BCUT2D eigenvalue weighted by molar-refractivity contribution is 6.33. The summed E-state index contributed by atoms with van der Waals surface area (Å²) in [5, 5.41) is 9.58. The molecule has 0 radical (unpaired) electrons. The third kappa shape index (κ3) is 10.6. The van der Waals surface area contributed by atoms with Crippen LogP contribution in [-0.4, -0.2) is 113 Å². The molecule has 1 aromatic carbocycles. The van der Waals surface area contributed by atoms with Crippen molar-refractivity contribution in [2.45, 2.75) is 12.8 Å². The van der Waals surface area contributed by atoms with Crippen LogP contribution in [0, 0.1) is 5.92 Å². The summed E-state index contributed by atoms with van der Waals surface area (Å²) in [5.74, 6) is 0.825. The molecule has 16 nitrogen and oxygen atoms in total. The average Bonchev–Trinajstić information content (AvgIpc) is 3.11. The zero-order valence-corrected chi connectivity index (χ0v) is 28.8. The number of ether oxygens (including phenoxy) is 5. The molecule has 0 atom stereocenters. The number of carbonyl (C=O) groups excluding carboxylic acids is 2. The number of aromatic nitrogens is 3. The van der Waals surface area contributed by atoms with Crippen molar-refractivity contribution >= 4 is 51.8 Å². The van der Waals surface area contributed by atoms with Gasteiger partial charge in [0.2, 0.25) is 11.9 Å². The molecule has 1 aliphatic rings. The maximum Gasteiger partial charge on any atom is 0.293 e. The van der Waals surface area contributed by atoms with E-state index in [4.69, 9.17) is 41.0 Å². The van der Waals surface area contributed by atoms with Crippen LogP contribution in [0.3, 0.4) is 0 Å². The Kier molecular flexibility index (Phi) is 14.6. The van der Waals surface area contributed by atoms with Crippen molar-refractivity contribution in [2.24, 2.45) is 18.7 Å². The molecule has 1 fully saturated rings. The van der Waals surface area contributed by atoms with E-state index in [1.807, 2.05) is 4.90 Å². The van der Waals surface area contributed by atoms with Crippen molar-refractivity contribution < 1.29 is 33.3 Å². The van der Waals surface area contributed by atoms with Gasteiger partial charge in [-0.3, -0.25) is 14.4 Å². The van der Waals surface area contributed by atoms with E-state index in [1.165, 1.54) is 24.9 Å². The van der Waals surface area contributed by atoms with Gasteiger partial charge < -0.3 is 54.8 Å². The minimum atomic E-state index is -0.410. The van der Waals surface area contributed by atoms with Gasteiger partial charge in [-0.15, -0.1) is 0 Å². The van der Waals surface area contributed by atoms with Gasteiger partial charge in [0.05, 0.1) is 58.5 Å². The number of aryl methyl sites for hydroxylation is 1. The molecule has 5 N–H and O–H groups in total. The van der Waals surface area contributed by atoms with Crippen molar-refractivity contribution in [3.63, 3.8) is 0 Å². The molecule has 2 aromatic heterocycles. The van der Waals surface area contributed by atoms with Crippen LogP contribution in [0.15, 0.2) is 29.2 Å². The van der Waals surface area contributed by atoms with E-state index in [0.717, 1.165) is 0 Å². The highest BCUT2D eigenvalue weighted by Gasteiger charge is 2.26. The van der Waals surface area contributed by atoms with E-state index in [0.29, 0.717) is 118 Å². The van der Waals surface area contributed by atoms with Crippen LogP contribution in [0.25, 0.3) is 10.9 Å². The smallest absolute Gasteiger partial charge is 0.293 e. The highest BCUT2D eigenvalue weighted by atomic mass is 35.5. The van der Waals surface area contributed by atoms with Crippen LogP contribution in [0.2, 0.25) is 5.02 Å². The lowest BCUT2D eigenvalue weighted by atomic mass is 9.96. The van der Waals surface area contributed by atoms with Gasteiger partial charge in [-0.1, -0.05) is 11.6 Å². The second kappa shape index (κ2) is 19.1. The van der Waals surface area contributed by atoms with Crippen LogP contribution < -0.4 is 41.6 Å². The number of amides is 2. The molecule has 4 rings (SSSR count). The summed E-state index contributed by atoms with van der Waals surface area (Å²) in [6, 6.07) is 5.09. The molecule has 3 aromatic rings. The molecule has 49 heavy (non-hydrogen) atoms. The number of anilines is 3. The van der Waals surface area contributed by atoms with Crippen molar-refractivity contribution in [3.05, 3.63) is 39.8 Å². The lowest BCUT2D eigenvalue weighted by Crippen LogP contribution is -2.42. The van der Waals surface area contributed by atoms with Crippen LogP contribution in [0.5, 0.6) is 11.5 Å². The zero-order valence-electron chi connectivity index (χ0n) is 28.1. The Balaban J connectivity index is 1.31. The van der Waals surface area contributed by atoms with Crippen LogP contribution in [0.4, 0.5) is 17.5 Å². The van der Waals surface area contributed by atoms with Crippen LogP contribution in [0.1, 0.15) is 12.8 Å². The van der Waals surface area contributed by atoms with Gasteiger partial charge >= 0.3 is 0 Å². The molecule has 3 heterocycles. The summed E-state index contributed by atoms with van der Waals surface area (Å²) in [4.78, 5) is 48.5. The van der Waals surface area contributed by atoms with E-state index in [9.17, 15) is 14.4 Å². The number of carbonyl (C=O) groups is 2. The molecule has 2 amide bonds. The van der Waals surface area contributed by atoms with Crippen LogP contribution in [-0.2, 0) is 30.8 Å². The maximum absolute atomic E-state index is 12.9. The molecule has 0 saturated carbocycles. The van der Waals surface area contributed by atoms with Gasteiger partial charge in [-0.05, 0) is 25.0 Å². The molecular formula is C32H45ClN8O8. The average molecular weight is 705 g/mol. The number of nitrogens with zero attached hydrogens (tertiary/aromatic N) is 4. The Bertz CT molecular complexity index is 1620. The minimum absolute atomic E-state index is 0.000807. The topological polar surface area (TPSA) is 193 Å². The molecule has 268 valence electrons. The molecule has 0 spiro atoms. The quantitative estimate of drug-likeness (QED) is 0.130. The zero-order chi connectivity index (χ0) is 35.2. The summed E-state index contributed by atoms with van der Waals surface area (Å²) < 4.78 is 28.7. The Hall–Kier alpha value is -4.22.